The number of carbonyl (C=O) groups excluding carboxylic acids is 1. The Labute approximate surface area is 198 Å². The summed E-state index contributed by atoms with van der Waals surface area (Å²) >= 11 is 0. The van der Waals surface area contributed by atoms with E-state index in [2.05, 4.69) is 37.9 Å². The van der Waals surface area contributed by atoms with Gasteiger partial charge in [-0.05, 0) is 32.5 Å². The second-order valence-corrected chi connectivity index (χ2v) is 8.98. The summed E-state index contributed by atoms with van der Waals surface area (Å²) in [5.74, 6) is -0.626. The van der Waals surface area contributed by atoms with E-state index in [0.29, 0.717) is 11.6 Å². The van der Waals surface area contributed by atoms with Crippen LogP contribution in [0.5, 0.6) is 5.88 Å². The number of hydrogen-bond acceptors (Lipinski definition) is 9. The van der Waals surface area contributed by atoms with Gasteiger partial charge in [-0.2, -0.15) is 0 Å². The Morgan fingerprint density at radius 1 is 1.26 bits per heavy atom. The first-order chi connectivity index (χ1) is 16.3. The molecule has 0 bridgehead atoms. The first kappa shape index (κ1) is 24.4. The highest BCUT2D eigenvalue weighted by molar-refractivity contribution is 5.97. The quantitative estimate of drug-likeness (QED) is 0.357. The summed E-state index contributed by atoms with van der Waals surface area (Å²) in [4.78, 5) is 24.2. The van der Waals surface area contributed by atoms with E-state index in [-0.39, 0.29) is 25.1 Å². The molecule has 34 heavy (non-hydrogen) atoms. The maximum absolute atomic E-state index is 13.5. The van der Waals surface area contributed by atoms with Gasteiger partial charge < -0.3 is 26.4 Å². The second-order valence-electron chi connectivity index (χ2n) is 8.98. The molecule has 2 aromatic heterocycles. The predicted octanol–water partition coefficient (Wildman–Crippen LogP) is 0.190. The molecule has 0 aromatic carbocycles. The molecule has 4 rings (SSSR count). The van der Waals surface area contributed by atoms with Gasteiger partial charge >= 0.3 is 0 Å². The van der Waals surface area contributed by atoms with Crippen molar-refractivity contribution in [3.05, 3.63) is 36.3 Å². The molecule has 0 aliphatic carbocycles. The first-order valence-corrected chi connectivity index (χ1v) is 11.5. The SMILES string of the molecule is Cc1nc(O[C@@H]2CCN(C)C2)ccc1-c1ccncc1NC(=O)C(C(N)N)C1NCC(F)CN1. The van der Waals surface area contributed by atoms with Crippen molar-refractivity contribution < 1.29 is 13.9 Å². The molecule has 0 spiro atoms. The minimum atomic E-state index is -1.03. The van der Waals surface area contributed by atoms with Crippen LogP contribution >= 0.6 is 0 Å². The van der Waals surface area contributed by atoms with Crippen LogP contribution in [0.1, 0.15) is 12.1 Å². The summed E-state index contributed by atoms with van der Waals surface area (Å²) in [6.45, 7) is 4.04. The predicted molar refractivity (Wildman–Crippen MR) is 128 cm³/mol. The van der Waals surface area contributed by atoms with Crippen LogP contribution in [0.4, 0.5) is 10.1 Å². The molecule has 10 nitrogen and oxygen atoms in total. The number of likely N-dealkylation sites (N-methyl/N-ethyl adjacent to an activating group) is 1. The van der Waals surface area contributed by atoms with E-state index in [4.69, 9.17) is 16.2 Å². The fourth-order valence-electron chi connectivity index (χ4n) is 4.45. The average Bonchev–Trinajstić information content (AvgIpc) is 3.20. The topological polar surface area (TPSA) is 143 Å². The van der Waals surface area contributed by atoms with E-state index in [1.807, 2.05) is 25.1 Å². The van der Waals surface area contributed by atoms with Crippen LogP contribution in [0, 0.1) is 12.8 Å². The molecular weight excluding hydrogens is 439 g/mol. The lowest BCUT2D eigenvalue weighted by Gasteiger charge is -2.34. The largest absolute Gasteiger partial charge is 0.473 e. The van der Waals surface area contributed by atoms with Crippen molar-refractivity contribution in [1.29, 1.82) is 0 Å². The van der Waals surface area contributed by atoms with Crippen molar-refractivity contribution in [1.82, 2.24) is 25.5 Å². The minimum absolute atomic E-state index is 0.128. The number of aromatic nitrogens is 2. The van der Waals surface area contributed by atoms with E-state index in [0.717, 1.165) is 36.3 Å². The molecule has 4 heterocycles. The molecule has 184 valence electrons. The van der Waals surface area contributed by atoms with Crippen molar-refractivity contribution >= 4 is 11.6 Å². The monoisotopic (exact) mass is 472 g/mol. The minimum Gasteiger partial charge on any atom is -0.473 e. The Bertz CT molecular complexity index is 999. The molecule has 11 heteroatoms. The third-order valence-electron chi connectivity index (χ3n) is 6.26. The highest BCUT2D eigenvalue weighted by Crippen LogP contribution is 2.31. The summed E-state index contributed by atoms with van der Waals surface area (Å²) < 4.78 is 19.5. The number of aryl methyl sites for hydroxylation is 1. The molecule has 2 fully saturated rings. The van der Waals surface area contributed by atoms with Gasteiger partial charge in [-0.1, -0.05) is 0 Å². The molecule has 0 saturated carbocycles. The lowest BCUT2D eigenvalue weighted by atomic mass is 9.98. The molecular formula is C23H33FN8O2. The number of hydrogen-bond donors (Lipinski definition) is 5. The van der Waals surface area contributed by atoms with Crippen LogP contribution in [-0.4, -0.2) is 78.6 Å². The number of rotatable bonds is 7. The Kier molecular flexibility index (Phi) is 7.69. The maximum atomic E-state index is 13.5. The average molecular weight is 473 g/mol. The number of amides is 1. The zero-order valence-corrected chi connectivity index (χ0v) is 19.5. The van der Waals surface area contributed by atoms with Gasteiger partial charge in [-0.25, -0.2) is 9.37 Å². The fraction of sp³-hybridized carbons (Fsp3) is 0.522. The number of alkyl halides is 1. The van der Waals surface area contributed by atoms with Crippen molar-refractivity contribution in [2.75, 3.05) is 38.5 Å². The number of nitrogens with one attached hydrogen (secondary N) is 3. The molecule has 1 amide bonds. The number of ether oxygens (including phenoxy) is 1. The van der Waals surface area contributed by atoms with E-state index in [1.165, 1.54) is 0 Å². The van der Waals surface area contributed by atoms with E-state index < -0.39 is 24.4 Å². The van der Waals surface area contributed by atoms with E-state index in [1.54, 1.807) is 12.4 Å². The maximum Gasteiger partial charge on any atom is 0.233 e. The van der Waals surface area contributed by atoms with Crippen LogP contribution in [0.25, 0.3) is 11.1 Å². The van der Waals surface area contributed by atoms with Gasteiger partial charge in [-0.15, -0.1) is 0 Å². The lowest BCUT2D eigenvalue weighted by Crippen LogP contribution is -2.64. The third-order valence-corrected chi connectivity index (χ3v) is 6.26. The van der Waals surface area contributed by atoms with Crippen LogP contribution < -0.4 is 32.2 Å². The van der Waals surface area contributed by atoms with Crippen molar-refractivity contribution in [3.63, 3.8) is 0 Å². The number of halogens is 1. The third kappa shape index (κ3) is 5.68. The number of nitrogens with zero attached hydrogens (tertiary/aromatic N) is 3. The number of likely N-dealkylation sites (tertiary alicyclic amines) is 1. The van der Waals surface area contributed by atoms with Gasteiger partial charge in [-0.3, -0.25) is 20.4 Å². The van der Waals surface area contributed by atoms with Crippen LogP contribution in [-0.2, 0) is 4.79 Å². The summed E-state index contributed by atoms with van der Waals surface area (Å²) in [5.41, 5.74) is 14.7. The number of anilines is 1. The van der Waals surface area contributed by atoms with Crippen LogP contribution in [0.2, 0.25) is 0 Å². The van der Waals surface area contributed by atoms with Crippen LogP contribution in [0.3, 0.4) is 0 Å². The molecule has 0 radical (unpaired) electrons. The second kappa shape index (κ2) is 10.7. The zero-order chi connectivity index (χ0) is 24.2. The number of pyridine rings is 2. The zero-order valence-electron chi connectivity index (χ0n) is 19.5. The van der Waals surface area contributed by atoms with Gasteiger partial charge in [0.15, 0.2) is 0 Å². The summed E-state index contributed by atoms with van der Waals surface area (Å²) in [5, 5.41) is 8.83. The van der Waals surface area contributed by atoms with Gasteiger partial charge in [0.25, 0.3) is 0 Å². The molecule has 2 aliphatic heterocycles. The summed E-state index contributed by atoms with van der Waals surface area (Å²) in [7, 11) is 2.07. The molecule has 2 saturated heterocycles. The standard InChI is InChI=1S/C23H33FN8O2/c1-13-16(3-4-19(30-13)34-15-6-8-32(2)12-15)17-5-7-27-11-18(17)31-23(33)20(21(25)26)22-28-9-14(24)10-29-22/h3-5,7,11,14-15,20-22,28-29H,6,8-10,12,25-26H2,1-2H3,(H,31,33)/t14?,15-,20?,22?/m1/s1. The number of carbonyl (C=O) groups is 1. The Morgan fingerprint density at radius 2 is 2.03 bits per heavy atom. The highest BCUT2D eigenvalue weighted by atomic mass is 19.1. The first-order valence-electron chi connectivity index (χ1n) is 11.5. The molecule has 2 aromatic rings. The van der Waals surface area contributed by atoms with Gasteiger partial charge in [0.1, 0.15) is 12.3 Å². The van der Waals surface area contributed by atoms with Crippen molar-refractivity contribution in [2.45, 2.75) is 38.0 Å². The molecule has 1 unspecified atom stereocenters. The van der Waals surface area contributed by atoms with Gasteiger partial charge in [0.2, 0.25) is 11.8 Å². The van der Waals surface area contributed by atoms with E-state index in [9.17, 15) is 9.18 Å². The smallest absolute Gasteiger partial charge is 0.233 e. The normalized spacial score (nSPS) is 24.2. The Hall–Kier alpha value is -2.70. The summed E-state index contributed by atoms with van der Waals surface area (Å²) in [6, 6.07) is 5.59. The van der Waals surface area contributed by atoms with Gasteiger partial charge in [0, 0.05) is 55.3 Å². The van der Waals surface area contributed by atoms with Crippen molar-refractivity contribution in [3.8, 4) is 17.0 Å². The van der Waals surface area contributed by atoms with E-state index >= 15 is 0 Å². The van der Waals surface area contributed by atoms with Gasteiger partial charge in [0.05, 0.1) is 30.1 Å². The lowest BCUT2D eigenvalue weighted by molar-refractivity contribution is -0.122. The molecule has 2 atom stereocenters. The van der Waals surface area contributed by atoms with Crippen molar-refractivity contribution in [2.24, 2.45) is 17.4 Å². The van der Waals surface area contributed by atoms with Crippen LogP contribution in [0.15, 0.2) is 30.6 Å². The summed E-state index contributed by atoms with van der Waals surface area (Å²) in [6.07, 6.45) is 1.81. The highest BCUT2D eigenvalue weighted by Gasteiger charge is 2.35. The molecule has 2 aliphatic rings. The Morgan fingerprint density at radius 3 is 2.68 bits per heavy atom. The fourth-order valence-corrected chi connectivity index (χ4v) is 4.45. The molecule has 7 N–H and O–H groups in total. The number of nitrogens with two attached hydrogens (primary N) is 2. The Balaban J connectivity index is 1.51.